The van der Waals surface area contributed by atoms with Gasteiger partial charge in [0, 0.05) is 6.07 Å². The molecular formula is C17H13Cl2F3O4. The molecule has 0 aliphatic carbocycles. The van der Waals surface area contributed by atoms with E-state index >= 15 is 0 Å². The number of halogens is 5. The Morgan fingerprint density at radius 1 is 1.08 bits per heavy atom. The first-order chi connectivity index (χ1) is 12.1. The van der Waals surface area contributed by atoms with Gasteiger partial charge in [-0.05, 0) is 31.2 Å². The second kappa shape index (κ2) is 8.05. The minimum absolute atomic E-state index is 0.125. The van der Waals surface area contributed by atoms with Crippen molar-refractivity contribution in [3.63, 3.8) is 0 Å². The van der Waals surface area contributed by atoms with Gasteiger partial charge in [0.15, 0.2) is 11.9 Å². The van der Waals surface area contributed by atoms with Crippen LogP contribution in [0.2, 0.25) is 10.0 Å². The van der Waals surface area contributed by atoms with Crippen LogP contribution in [0.1, 0.15) is 12.5 Å². The van der Waals surface area contributed by atoms with Crippen LogP contribution >= 0.6 is 23.2 Å². The summed E-state index contributed by atoms with van der Waals surface area (Å²) in [7, 11) is 1.23. The van der Waals surface area contributed by atoms with E-state index in [0.717, 1.165) is 12.1 Å². The molecule has 4 nitrogen and oxygen atoms in total. The van der Waals surface area contributed by atoms with Gasteiger partial charge in [-0.2, -0.15) is 13.2 Å². The van der Waals surface area contributed by atoms with Crippen molar-refractivity contribution in [1.29, 1.82) is 0 Å². The summed E-state index contributed by atoms with van der Waals surface area (Å²) in [5, 5.41) is -0.585. The zero-order chi connectivity index (χ0) is 19.5. The summed E-state index contributed by atoms with van der Waals surface area (Å²) in [5.74, 6) is -0.188. The highest BCUT2D eigenvalue weighted by Gasteiger charge is 2.32. The summed E-state index contributed by atoms with van der Waals surface area (Å²) in [4.78, 5) is 11.4. The highest BCUT2D eigenvalue weighted by atomic mass is 35.5. The fraction of sp³-hybridized carbons (Fsp3) is 0.235. The number of benzene rings is 2. The highest BCUT2D eigenvalue weighted by Crippen LogP contribution is 2.42. The average molecular weight is 409 g/mol. The van der Waals surface area contributed by atoms with Crippen LogP contribution in [0.15, 0.2) is 36.4 Å². The normalized spacial score (nSPS) is 12.4. The van der Waals surface area contributed by atoms with Gasteiger partial charge >= 0.3 is 12.1 Å². The second-order valence-corrected chi connectivity index (χ2v) is 5.94. The van der Waals surface area contributed by atoms with Crippen molar-refractivity contribution in [1.82, 2.24) is 0 Å². The third-order valence-corrected chi connectivity index (χ3v) is 3.76. The van der Waals surface area contributed by atoms with Crippen molar-refractivity contribution in [3.8, 4) is 17.2 Å². The lowest BCUT2D eigenvalue weighted by Gasteiger charge is -2.15. The maximum absolute atomic E-state index is 12.8. The molecule has 2 rings (SSSR count). The quantitative estimate of drug-likeness (QED) is 0.591. The smallest absolute Gasteiger partial charge is 0.416 e. The molecule has 1 atom stereocenters. The van der Waals surface area contributed by atoms with Crippen LogP contribution < -0.4 is 9.47 Å². The second-order valence-electron chi connectivity index (χ2n) is 5.13. The van der Waals surface area contributed by atoms with E-state index in [2.05, 4.69) is 4.74 Å². The van der Waals surface area contributed by atoms with Crippen LogP contribution in [0.3, 0.4) is 0 Å². The molecule has 2 aromatic rings. The third-order valence-electron chi connectivity index (χ3n) is 3.20. The average Bonchev–Trinajstić information content (AvgIpc) is 2.56. The Balaban J connectivity index is 2.24. The summed E-state index contributed by atoms with van der Waals surface area (Å²) < 4.78 is 53.7. The molecule has 2 aromatic carbocycles. The van der Waals surface area contributed by atoms with Gasteiger partial charge in [0.05, 0.1) is 22.7 Å². The van der Waals surface area contributed by atoms with Crippen LogP contribution in [-0.2, 0) is 15.7 Å². The highest BCUT2D eigenvalue weighted by molar-refractivity contribution is 6.37. The Bertz CT molecular complexity index is 786. The van der Waals surface area contributed by atoms with Gasteiger partial charge in [-0.1, -0.05) is 29.3 Å². The number of carbonyl (C=O) groups excluding carboxylic acids is 1. The van der Waals surface area contributed by atoms with E-state index < -0.39 is 23.8 Å². The van der Waals surface area contributed by atoms with E-state index in [1.54, 1.807) is 12.1 Å². The Hall–Kier alpha value is -2.12. The monoisotopic (exact) mass is 408 g/mol. The first-order valence-electron chi connectivity index (χ1n) is 7.20. The predicted molar refractivity (Wildman–Crippen MR) is 90.1 cm³/mol. The van der Waals surface area contributed by atoms with Crippen molar-refractivity contribution in [2.75, 3.05) is 7.11 Å². The van der Waals surface area contributed by atoms with Gasteiger partial charge in [-0.25, -0.2) is 4.79 Å². The molecule has 26 heavy (non-hydrogen) atoms. The maximum atomic E-state index is 12.8. The Morgan fingerprint density at radius 2 is 1.65 bits per heavy atom. The maximum Gasteiger partial charge on any atom is 0.416 e. The van der Waals surface area contributed by atoms with Gasteiger partial charge in [-0.3, -0.25) is 0 Å². The lowest BCUT2D eigenvalue weighted by molar-refractivity contribution is -0.148. The molecule has 0 bridgehead atoms. The molecule has 0 aliphatic rings. The first kappa shape index (κ1) is 20.2. The van der Waals surface area contributed by atoms with Crippen LogP contribution in [-0.4, -0.2) is 19.2 Å². The van der Waals surface area contributed by atoms with E-state index in [4.69, 9.17) is 32.7 Å². The minimum Gasteiger partial charge on any atom is -0.479 e. The van der Waals surface area contributed by atoms with E-state index in [9.17, 15) is 18.0 Å². The number of hydrogen-bond acceptors (Lipinski definition) is 4. The predicted octanol–water partition coefficient (Wildman–Crippen LogP) is 5.74. The van der Waals surface area contributed by atoms with Gasteiger partial charge in [0.2, 0.25) is 0 Å². The molecule has 0 N–H and O–H groups in total. The van der Waals surface area contributed by atoms with Crippen LogP contribution in [0.5, 0.6) is 17.2 Å². The number of alkyl halides is 3. The molecule has 1 unspecified atom stereocenters. The molecule has 0 saturated heterocycles. The van der Waals surface area contributed by atoms with Crippen LogP contribution in [0.4, 0.5) is 13.2 Å². The summed E-state index contributed by atoms with van der Waals surface area (Å²) >= 11 is 11.7. The lowest BCUT2D eigenvalue weighted by atomic mass is 10.2. The summed E-state index contributed by atoms with van der Waals surface area (Å²) in [6, 6.07) is 7.55. The Morgan fingerprint density at radius 3 is 2.19 bits per heavy atom. The fourth-order valence-electron chi connectivity index (χ4n) is 1.97. The third kappa shape index (κ3) is 4.95. The molecular weight excluding hydrogens is 396 g/mol. The summed E-state index contributed by atoms with van der Waals surface area (Å²) in [6.07, 6.45) is -5.43. The minimum atomic E-state index is -4.58. The SMILES string of the molecule is COC(=O)C(C)Oc1cccc(Oc2c(Cl)cc(C(F)(F)F)cc2Cl)c1. The molecule has 0 aliphatic heterocycles. The van der Waals surface area contributed by atoms with Gasteiger partial charge < -0.3 is 14.2 Å². The fourth-order valence-corrected chi connectivity index (χ4v) is 2.53. The lowest BCUT2D eigenvalue weighted by Crippen LogP contribution is -2.24. The van der Waals surface area contributed by atoms with Gasteiger partial charge in [-0.15, -0.1) is 0 Å². The van der Waals surface area contributed by atoms with Crippen molar-refractivity contribution >= 4 is 29.2 Å². The molecule has 0 aromatic heterocycles. The van der Waals surface area contributed by atoms with Crippen molar-refractivity contribution in [2.24, 2.45) is 0 Å². The molecule has 0 saturated carbocycles. The molecule has 9 heteroatoms. The summed E-state index contributed by atoms with van der Waals surface area (Å²) in [6.45, 7) is 1.50. The van der Waals surface area contributed by atoms with E-state index in [1.165, 1.54) is 26.2 Å². The van der Waals surface area contributed by atoms with Crippen molar-refractivity contribution < 1.29 is 32.2 Å². The summed E-state index contributed by atoms with van der Waals surface area (Å²) in [5.41, 5.74) is -0.983. The van der Waals surface area contributed by atoms with Gasteiger partial charge in [0.25, 0.3) is 0 Å². The number of carbonyl (C=O) groups is 1. The zero-order valence-electron chi connectivity index (χ0n) is 13.6. The molecule has 0 spiro atoms. The topological polar surface area (TPSA) is 44.8 Å². The van der Waals surface area contributed by atoms with Crippen LogP contribution in [0.25, 0.3) is 0 Å². The van der Waals surface area contributed by atoms with Crippen molar-refractivity contribution in [2.45, 2.75) is 19.2 Å². The zero-order valence-corrected chi connectivity index (χ0v) is 15.1. The number of esters is 1. The van der Waals surface area contributed by atoms with E-state index in [0.29, 0.717) is 5.75 Å². The number of hydrogen-bond donors (Lipinski definition) is 0. The number of ether oxygens (including phenoxy) is 3. The molecule has 0 heterocycles. The Labute approximate surface area is 157 Å². The van der Waals surface area contributed by atoms with Crippen molar-refractivity contribution in [3.05, 3.63) is 52.0 Å². The first-order valence-corrected chi connectivity index (χ1v) is 7.96. The van der Waals surface area contributed by atoms with E-state index in [1.807, 2.05) is 0 Å². The molecule has 140 valence electrons. The number of methoxy groups -OCH3 is 1. The standard InChI is InChI=1S/C17H13Cl2F3O4/c1-9(16(23)24-2)25-11-4-3-5-12(8-11)26-15-13(18)6-10(7-14(15)19)17(20,21)22/h3-9H,1-2H3. The van der Waals surface area contributed by atoms with Crippen LogP contribution in [0, 0.1) is 0 Å². The Kier molecular flexibility index (Phi) is 6.26. The van der Waals surface area contributed by atoms with E-state index in [-0.39, 0.29) is 21.5 Å². The molecule has 0 radical (unpaired) electrons. The van der Waals surface area contributed by atoms with Gasteiger partial charge in [0.1, 0.15) is 11.5 Å². The molecule has 0 amide bonds. The molecule has 0 fully saturated rings. The largest absolute Gasteiger partial charge is 0.479 e. The number of rotatable bonds is 5.